The summed E-state index contributed by atoms with van der Waals surface area (Å²) in [5.74, 6) is -8.39. The van der Waals surface area contributed by atoms with Crippen LogP contribution in [0.4, 0.5) is 100.0 Å². The van der Waals surface area contributed by atoms with Crippen molar-refractivity contribution >= 4 is 88.0 Å². The van der Waals surface area contributed by atoms with Crippen molar-refractivity contribution in [3.63, 3.8) is 0 Å². The van der Waals surface area contributed by atoms with Gasteiger partial charge in [0, 0.05) is 89.4 Å². The van der Waals surface area contributed by atoms with E-state index in [-0.39, 0.29) is 98.9 Å². The van der Waals surface area contributed by atoms with Crippen molar-refractivity contribution in [1.29, 1.82) is 15.8 Å². The van der Waals surface area contributed by atoms with Crippen LogP contribution < -0.4 is 86.2 Å². The summed E-state index contributed by atoms with van der Waals surface area (Å²) >= 11 is 0.812. The molecule has 3 radical (unpaired) electrons. The zero-order chi connectivity index (χ0) is 105. The Kier molecular flexibility index (Phi) is 38.0. The number of anilines is 6. The second kappa shape index (κ2) is 49.6. The Balaban J connectivity index is 0.000000171. The second-order valence-corrected chi connectivity index (χ2v) is 37.7. The molecule has 0 unspecified atom stereocenters. The van der Waals surface area contributed by atoms with Crippen LogP contribution in [0.5, 0.6) is 34.9 Å². The van der Waals surface area contributed by atoms with Crippen LogP contribution in [0.1, 0.15) is 50.5 Å². The third-order valence-electron chi connectivity index (χ3n) is 20.7. The molecule has 0 amide bonds. The van der Waals surface area contributed by atoms with Gasteiger partial charge in [-0.25, -0.2) is 15.0 Å². The number of rotatable bonds is 19. The maximum atomic E-state index is 13.9. The van der Waals surface area contributed by atoms with Crippen LogP contribution in [0.3, 0.4) is 0 Å². The standard InChI is InChI=1S/C23H16BF5N4O.C16H11F5N4OSi.3C15H14N5.C14H5F5N4OS.3Ir/c1-12-9-13(2)21(14(3)10-12)24(18-11-16(32-33-18)23(27,28)29)17-5-4-6-20(30-17)34-15-7-8-19(25)31-22(15)26;1-27(2,14-8-10(24-25-14)16(19,20)21)13-5-3-4-12(23-13)26-9-6-7-11(17)22-15(9)18;3*1-17-3-5-19(11-17)14-7-13(10-16)8-15(9-14)20-6-4-18(2)12-20;15-9-5-4-7(13(16)20-9)24-10-2-1-3-11(21-10)25-12-6-8(22-23-12)14(17,18)19;;;/h4-6,8-11H,1-3H3;3-5,7-8H,1-2H3;3*3-8,11-12H,1-2H3;1-3,5-6H;;;/q2*-2;3*-3;-2;;;. The molecule has 15 heterocycles. The molecule has 6 aliphatic rings. The van der Waals surface area contributed by atoms with E-state index in [2.05, 4.69) is 115 Å². The molecule has 0 saturated carbocycles. The largest absolute Gasteiger partial charge is 0.585 e. The Hall–Kier alpha value is -15.2. The van der Waals surface area contributed by atoms with Gasteiger partial charge in [-0.15, -0.1) is 130 Å². The number of aryl methyl sites for hydroxylation is 3. The number of nitrogens with zero attached hydrogens (tertiary/aromatic N) is 27. The molecule has 0 fully saturated rings. The van der Waals surface area contributed by atoms with Gasteiger partial charge in [-0.2, -0.15) is 101 Å². The van der Waals surface area contributed by atoms with Gasteiger partial charge < -0.3 is 119 Å². The number of alkyl halides is 9. The minimum Gasteiger partial charge on any atom is -0.585 e. The molecule has 13 aromatic rings. The first-order valence-electron chi connectivity index (χ1n) is 42.7. The number of hydrogen-bond donors (Lipinski definition) is 0. The zero-order valence-corrected chi connectivity index (χ0v) is 88.1. The Morgan fingerprint density at radius 3 is 1.03 bits per heavy atom. The number of nitriles is 3. The summed E-state index contributed by atoms with van der Waals surface area (Å²) in [5, 5.41) is 48.9. The summed E-state index contributed by atoms with van der Waals surface area (Å²) in [6, 6.07) is 56.6. The van der Waals surface area contributed by atoms with Crippen LogP contribution in [0, 0.1) is 167 Å². The fraction of sp³-hybridized carbons (Fsp3) is 0.143. The summed E-state index contributed by atoms with van der Waals surface area (Å²) < 4.78 is 211. The molecule has 19 rings (SSSR count). The molecule has 0 atom stereocenters. The van der Waals surface area contributed by atoms with E-state index in [0.29, 0.717) is 33.1 Å². The van der Waals surface area contributed by atoms with Gasteiger partial charge >= 0.3 is 18.5 Å². The van der Waals surface area contributed by atoms with E-state index in [9.17, 15) is 81.6 Å². The van der Waals surface area contributed by atoms with E-state index in [1.807, 2.05) is 285 Å². The quantitative estimate of drug-likeness (QED) is 0.0314. The van der Waals surface area contributed by atoms with Gasteiger partial charge in [0.1, 0.15) is 48.0 Å². The first-order chi connectivity index (χ1) is 69.4. The van der Waals surface area contributed by atoms with Gasteiger partial charge in [0.05, 0.1) is 53.3 Å². The van der Waals surface area contributed by atoms with E-state index in [4.69, 9.17) is 14.2 Å². The predicted molar refractivity (Wildman–Crippen MR) is 508 cm³/mol. The molecular formula is C98H74BF15Ir3N27O3SSi-15. The van der Waals surface area contributed by atoms with Crippen molar-refractivity contribution in [2.45, 2.75) is 62.4 Å². The van der Waals surface area contributed by atoms with Crippen LogP contribution in [0.15, 0.2) is 224 Å². The van der Waals surface area contributed by atoms with Crippen molar-refractivity contribution in [2.75, 3.05) is 71.7 Å². The minimum atomic E-state index is -4.66. The molecule has 6 aliphatic heterocycles. The van der Waals surface area contributed by atoms with Crippen LogP contribution in [0.25, 0.3) is 0 Å². The van der Waals surface area contributed by atoms with Crippen LogP contribution in [0.2, 0.25) is 13.1 Å². The van der Waals surface area contributed by atoms with Gasteiger partial charge in [-0.3, -0.25) is 26.3 Å². The Labute approximate surface area is 891 Å². The number of aromatic nitrogens is 12. The number of pyridine rings is 6. The van der Waals surface area contributed by atoms with Crippen molar-refractivity contribution < 1.29 is 140 Å². The van der Waals surface area contributed by atoms with E-state index < -0.39 is 103 Å². The molecule has 779 valence electrons. The fourth-order valence-electron chi connectivity index (χ4n) is 13.9. The number of ether oxygens (including phenoxy) is 3. The smallest absolute Gasteiger partial charge is 0.431 e. The maximum Gasteiger partial charge on any atom is 0.431 e. The van der Waals surface area contributed by atoms with Gasteiger partial charge in [0.15, 0.2) is 0 Å². The maximum absolute atomic E-state index is 13.9. The molecular weight excluding hydrogens is 2540 g/mol. The zero-order valence-electron chi connectivity index (χ0n) is 79.1. The van der Waals surface area contributed by atoms with Crippen molar-refractivity contribution in [3.05, 3.63) is 376 Å². The van der Waals surface area contributed by atoms with Gasteiger partial charge in [0.2, 0.25) is 24.4 Å². The summed E-state index contributed by atoms with van der Waals surface area (Å²) in [6.45, 7) is 19.9. The van der Waals surface area contributed by atoms with Gasteiger partial charge in [0.25, 0.3) is 0 Å². The molecule has 0 saturated heterocycles. The molecule has 30 nitrogen and oxygen atoms in total. The summed E-state index contributed by atoms with van der Waals surface area (Å²) in [4.78, 5) is 44.9. The molecule has 149 heavy (non-hydrogen) atoms. The summed E-state index contributed by atoms with van der Waals surface area (Å²) in [5.41, 5.74) is 7.31. The average molecular weight is 2610 g/mol. The normalized spacial score (nSPS) is 13.7. The average Bonchev–Trinajstić information content (AvgIpc) is 1.72. The van der Waals surface area contributed by atoms with E-state index in [1.165, 1.54) is 30.3 Å². The molecule has 0 bridgehead atoms. The van der Waals surface area contributed by atoms with E-state index >= 15 is 0 Å². The van der Waals surface area contributed by atoms with E-state index in [1.54, 1.807) is 37.4 Å². The summed E-state index contributed by atoms with van der Waals surface area (Å²) in [6.07, 6.45) is 9.47. The van der Waals surface area contributed by atoms with Crippen molar-refractivity contribution in [1.82, 2.24) is 89.9 Å². The third kappa shape index (κ3) is 30.1. The number of halogens is 15. The second-order valence-electron chi connectivity index (χ2n) is 32.4. The number of benzene rings is 4. The van der Waals surface area contributed by atoms with Crippen LogP contribution in [-0.2, 0) is 78.8 Å². The number of hydrogen-bond acceptors (Lipinski definition) is 28. The topological polar surface area (TPSA) is 296 Å². The Morgan fingerprint density at radius 2 is 0.711 bits per heavy atom. The van der Waals surface area contributed by atoms with Crippen LogP contribution >= 0.6 is 11.8 Å². The minimum absolute atomic E-state index is 0. The third-order valence-corrected chi connectivity index (χ3v) is 24.6. The molecule has 0 aliphatic carbocycles. The fourth-order valence-corrected chi connectivity index (χ4v) is 16.6. The van der Waals surface area contributed by atoms with E-state index in [0.717, 1.165) is 99.0 Å². The summed E-state index contributed by atoms with van der Waals surface area (Å²) in [7, 11) is 9.01. The van der Waals surface area contributed by atoms with Crippen LogP contribution in [-0.4, -0.2) is 132 Å². The first kappa shape index (κ1) is 114. The SMILES string of the molecule is CN1C=CN(c2[c-]c(N3C=CN(C)[CH-]3)cc(C#N)c2)[CH-]1.CN1C=CN(c2[c-]c(N3C=CN(C)[CH-]3)cc(C#N)c2)[CH-]1.CN1C=CN(c2[c-]c(N3C=CN(C)[CH-]3)cc(C#N)c2)[CH-]1.C[Si](C)(c1cccc(Oc2[c-]cc(F)nc2F)n1)c1cc(C(F)(F)F)n[n-]1.Cc1cc(C)c(B(c2cccc(Oc3[c-]cc(F)nc3F)n2)c2cc(C(F)(F)F)n[n-]2)c(C)c1.Fc1c[c-]c(Oc2cccc(Sc3cc(C(F)(F)F)n[n-]3)n2)c(F)n1.[Ir].[Ir].[Ir]. The van der Waals surface area contributed by atoms with Gasteiger partial charge in [-0.1, -0.05) is 111 Å². The van der Waals surface area contributed by atoms with Crippen molar-refractivity contribution in [3.8, 4) is 53.1 Å². The molecule has 4 aromatic carbocycles. The Morgan fingerprint density at radius 1 is 0.389 bits per heavy atom. The molecule has 9 aromatic heterocycles. The Bertz CT molecular complexity index is 6830. The molecule has 51 heteroatoms. The van der Waals surface area contributed by atoms with Gasteiger partial charge in [-0.05, 0) is 162 Å². The van der Waals surface area contributed by atoms with Crippen molar-refractivity contribution in [2.24, 2.45) is 0 Å². The predicted octanol–water partition coefficient (Wildman–Crippen LogP) is 15.7. The molecule has 0 spiro atoms. The monoisotopic (exact) mass is 2610 g/mol. The first-order valence-corrected chi connectivity index (χ1v) is 46.5. The molecule has 0 N–H and O–H groups in total.